The van der Waals surface area contributed by atoms with Crippen molar-refractivity contribution in [1.29, 1.82) is 0 Å². The molecule has 4 nitrogen and oxygen atoms in total. The SMILES string of the molecule is O=C(N[C@H]1CCCNC1)c1c(Cl)cccc1Oc1ccccc1Cl. The molecule has 1 amide bonds. The van der Waals surface area contributed by atoms with Crippen molar-refractivity contribution in [3.8, 4) is 11.5 Å². The molecule has 2 aromatic rings. The van der Waals surface area contributed by atoms with Crippen LogP contribution in [0.1, 0.15) is 23.2 Å². The Morgan fingerprint density at radius 2 is 1.83 bits per heavy atom. The van der Waals surface area contributed by atoms with Gasteiger partial charge in [-0.15, -0.1) is 0 Å². The molecule has 1 saturated heterocycles. The second kappa shape index (κ2) is 7.88. The molecule has 0 unspecified atom stereocenters. The number of hydrogen-bond donors (Lipinski definition) is 2. The quantitative estimate of drug-likeness (QED) is 0.851. The van der Waals surface area contributed by atoms with E-state index in [-0.39, 0.29) is 11.9 Å². The normalized spacial score (nSPS) is 17.3. The van der Waals surface area contributed by atoms with Gasteiger partial charge in [0.25, 0.3) is 5.91 Å². The van der Waals surface area contributed by atoms with Crippen molar-refractivity contribution in [2.45, 2.75) is 18.9 Å². The third-order valence-corrected chi connectivity index (χ3v) is 4.52. The number of nitrogens with one attached hydrogen (secondary N) is 2. The van der Waals surface area contributed by atoms with E-state index >= 15 is 0 Å². The molecule has 1 aliphatic heterocycles. The first-order valence-corrected chi connectivity index (χ1v) is 8.63. The second-order valence-electron chi connectivity index (χ2n) is 5.66. The number of ether oxygens (including phenoxy) is 1. The van der Waals surface area contributed by atoms with Crippen LogP contribution in [-0.4, -0.2) is 25.0 Å². The smallest absolute Gasteiger partial charge is 0.256 e. The number of rotatable bonds is 4. The maximum Gasteiger partial charge on any atom is 0.256 e. The van der Waals surface area contributed by atoms with Gasteiger partial charge in [-0.25, -0.2) is 0 Å². The first-order chi connectivity index (χ1) is 11.6. The molecule has 1 atom stereocenters. The van der Waals surface area contributed by atoms with E-state index in [1.807, 2.05) is 12.1 Å². The Morgan fingerprint density at radius 1 is 1.08 bits per heavy atom. The van der Waals surface area contributed by atoms with Crippen molar-refractivity contribution < 1.29 is 9.53 Å². The minimum absolute atomic E-state index is 0.0932. The zero-order chi connectivity index (χ0) is 16.9. The third-order valence-electron chi connectivity index (χ3n) is 3.89. The number of piperidine rings is 1. The zero-order valence-corrected chi connectivity index (χ0v) is 14.5. The number of halogens is 2. The Morgan fingerprint density at radius 3 is 2.58 bits per heavy atom. The van der Waals surface area contributed by atoms with Gasteiger partial charge in [0.15, 0.2) is 0 Å². The Labute approximate surface area is 151 Å². The highest BCUT2D eigenvalue weighted by Gasteiger charge is 2.22. The Balaban J connectivity index is 1.84. The van der Waals surface area contributed by atoms with Crippen LogP contribution in [0.3, 0.4) is 0 Å². The number of carbonyl (C=O) groups excluding carboxylic acids is 1. The maximum absolute atomic E-state index is 12.7. The van der Waals surface area contributed by atoms with Crippen LogP contribution in [-0.2, 0) is 0 Å². The summed E-state index contributed by atoms with van der Waals surface area (Å²) in [4.78, 5) is 12.7. The van der Waals surface area contributed by atoms with E-state index < -0.39 is 0 Å². The molecule has 0 aliphatic carbocycles. The molecule has 1 fully saturated rings. The Kier molecular flexibility index (Phi) is 5.61. The summed E-state index contributed by atoms with van der Waals surface area (Å²) in [5.74, 6) is 0.628. The van der Waals surface area contributed by atoms with Crippen molar-refractivity contribution in [3.05, 3.63) is 58.1 Å². The Bertz CT molecular complexity index is 731. The van der Waals surface area contributed by atoms with Gasteiger partial charge in [-0.1, -0.05) is 41.4 Å². The van der Waals surface area contributed by atoms with Gasteiger partial charge in [0.05, 0.1) is 10.0 Å². The topological polar surface area (TPSA) is 50.4 Å². The van der Waals surface area contributed by atoms with E-state index in [0.29, 0.717) is 27.1 Å². The van der Waals surface area contributed by atoms with E-state index in [1.54, 1.807) is 30.3 Å². The van der Waals surface area contributed by atoms with Gasteiger partial charge in [-0.3, -0.25) is 4.79 Å². The first-order valence-electron chi connectivity index (χ1n) is 7.87. The third kappa shape index (κ3) is 4.01. The fourth-order valence-corrected chi connectivity index (χ4v) is 3.11. The minimum Gasteiger partial charge on any atom is -0.455 e. The molecule has 0 aromatic heterocycles. The first kappa shape index (κ1) is 17.1. The number of amides is 1. The molecule has 2 N–H and O–H groups in total. The molecule has 0 saturated carbocycles. The molecule has 0 bridgehead atoms. The van der Waals surface area contributed by atoms with Crippen LogP contribution >= 0.6 is 23.2 Å². The van der Waals surface area contributed by atoms with E-state index in [2.05, 4.69) is 10.6 Å². The molecule has 126 valence electrons. The van der Waals surface area contributed by atoms with Crippen molar-refractivity contribution >= 4 is 29.1 Å². The molecule has 2 aromatic carbocycles. The van der Waals surface area contributed by atoms with Crippen LogP contribution in [0.2, 0.25) is 10.0 Å². The van der Waals surface area contributed by atoms with Crippen LogP contribution < -0.4 is 15.4 Å². The van der Waals surface area contributed by atoms with E-state index in [4.69, 9.17) is 27.9 Å². The van der Waals surface area contributed by atoms with Gasteiger partial charge in [0.1, 0.15) is 17.1 Å². The van der Waals surface area contributed by atoms with Crippen LogP contribution in [0.5, 0.6) is 11.5 Å². The highest BCUT2D eigenvalue weighted by molar-refractivity contribution is 6.34. The zero-order valence-electron chi connectivity index (χ0n) is 13.0. The van der Waals surface area contributed by atoms with Crippen molar-refractivity contribution in [1.82, 2.24) is 10.6 Å². The lowest BCUT2D eigenvalue weighted by molar-refractivity contribution is 0.0928. The van der Waals surface area contributed by atoms with Gasteiger partial charge in [-0.05, 0) is 43.7 Å². The highest BCUT2D eigenvalue weighted by atomic mass is 35.5. The van der Waals surface area contributed by atoms with Crippen LogP contribution in [0, 0.1) is 0 Å². The van der Waals surface area contributed by atoms with Gasteiger partial charge >= 0.3 is 0 Å². The molecular formula is C18H18Cl2N2O2. The molecular weight excluding hydrogens is 347 g/mol. The van der Waals surface area contributed by atoms with Gasteiger partial charge in [-0.2, -0.15) is 0 Å². The molecule has 0 radical (unpaired) electrons. The summed E-state index contributed by atoms with van der Waals surface area (Å²) in [6.07, 6.45) is 1.99. The number of benzene rings is 2. The summed E-state index contributed by atoms with van der Waals surface area (Å²) in [5, 5.41) is 7.11. The van der Waals surface area contributed by atoms with Crippen molar-refractivity contribution in [2.75, 3.05) is 13.1 Å². The average Bonchev–Trinajstić information content (AvgIpc) is 2.58. The highest BCUT2D eigenvalue weighted by Crippen LogP contribution is 2.33. The summed E-state index contributed by atoms with van der Waals surface area (Å²) >= 11 is 12.4. The van der Waals surface area contributed by atoms with E-state index in [1.165, 1.54) is 0 Å². The Hall–Kier alpha value is -1.75. The molecule has 24 heavy (non-hydrogen) atoms. The molecule has 3 rings (SSSR count). The fourth-order valence-electron chi connectivity index (χ4n) is 2.69. The summed E-state index contributed by atoms with van der Waals surface area (Å²) in [5.41, 5.74) is 0.324. The van der Waals surface area contributed by atoms with Gasteiger partial charge in [0, 0.05) is 12.6 Å². The molecule has 1 heterocycles. The largest absolute Gasteiger partial charge is 0.455 e. The minimum atomic E-state index is -0.239. The monoisotopic (exact) mass is 364 g/mol. The predicted molar refractivity (Wildman–Crippen MR) is 96.3 cm³/mol. The number of hydrogen-bond acceptors (Lipinski definition) is 3. The lowest BCUT2D eigenvalue weighted by Gasteiger charge is -2.24. The standard InChI is InChI=1S/C18H18Cl2N2O2/c19-13-6-1-2-8-15(13)24-16-9-3-7-14(20)17(16)18(23)22-12-5-4-10-21-11-12/h1-3,6-9,12,21H,4-5,10-11H2,(H,22,23)/t12-/m0/s1. The summed E-state index contributed by atoms with van der Waals surface area (Å²) in [6, 6.07) is 12.3. The summed E-state index contributed by atoms with van der Waals surface area (Å²) in [6.45, 7) is 1.75. The van der Waals surface area contributed by atoms with Gasteiger partial charge in [0.2, 0.25) is 0 Å². The van der Waals surface area contributed by atoms with Crippen molar-refractivity contribution in [2.24, 2.45) is 0 Å². The summed E-state index contributed by atoms with van der Waals surface area (Å²) < 4.78 is 5.84. The van der Waals surface area contributed by atoms with Crippen molar-refractivity contribution in [3.63, 3.8) is 0 Å². The van der Waals surface area contributed by atoms with Crippen LogP contribution in [0.4, 0.5) is 0 Å². The maximum atomic E-state index is 12.7. The fraction of sp³-hybridized carbons (Fsp3) is 0.278. The van der Waals surface area contributed by atoms with Crippen LogP contribution in [0.25, 0.3) is 0 Å². The second-order valence-corrected chi connectivity index (χ2v) is 6.48. The lowest BCUT2D eigenvalue weighted by atomic mass is 10.1. The lowest BCUT2D eigenvalue weighted by Crippen LogP contribution is -2.45. The summed E-state index contributed by atoms with van der Waals surface area (Å²) in [7, 11) is 0. The molecule has 0 spiro atoms. The number of carbonyl (C=O) groups is 1. The average molecular weight is 365 g/mol. The molecule has 1 aliphatic rings. The van der Waals surface area contributed by atoms with E-state index in [9.17, 15) is 4.79 Å². The number of para-hydroxylation sites is 1. The van der Waals surface area contributed by atoms with Gasteiger partial charge < -0.3 is 15.4 Å². The van der Waals surface area contributed by atoms with E-state index in [0.717, 1.165) is 25.9 Å². The molecule has 6 heteroatoms. The van der Waals surface area contributed by atoms with Crippen LogP contribution in [0.15, 0.2) is 42.5 Å². The predicted octanol–water partition coefficient (Wildman–Crippen LogP) is 4.27.